The number of urea groups is 1. The number of benzene rings is 2. The molecule has 0 aromatic heterocycles. The van der Waals surface area contributed by atoms with Crippen LogP contribution in [-0.2, 0) is 16.9 Å². The predicted molar refractivity (Wildman–Crippen MR) is 83.9 cm³/mol. The molecule has 1 aliphatic heterocycles. The SMILES string of the molecule is CC[C@@]1(c2ccc(F)cc2)NC(=O)N(Cc2cccc(F)c2)C1=O. The fourth-order valence-electron chi connectivity index (χ4n) is 2.96. The standard InChI is InChI=1S/C18H16F2N2O2/c1-2-18(13-6-8-14(19)9-7-13)16(23)22(17(24)21-18)11-12-4-3-5-15(20)10-12/h3-10H,2,11H2,1H3,(H,21,24)/t18-/m0/s1. The van der Waals surface area contributed by atoms with Gasteiger partial charge in [0.1, 0.15) is 17.2 Å². The van der Waals surface area contributed by atoms with Gasteiger partial charge in [-0.15, -0.1) is 0 Å². The van der Waals surface area contributed by atoms with Crippen LogP contribution in [0.2, 0.25) is 0 Å². The van der Waals surface area contributed by atoms with Gasteiger partial charge in [0, 0.05) is 0 Å². The Labute approximate surface area is 138 Å². The normalized spacial score (nSPS) is 20.4. The van der Waals surface area contributed by atoms with Crippen molar-refractivity contribution in [2.75, 3.05) is 0 Å². The maximum Gasteiger partial charge on any atom is 0.325 e. The molecule has 3 amide bonds. The van der Waals surface area contributed by atoms with Crippen LogP contribution in [0, 0.1) is 11.6 Å². The molecule has 0 radical (unpaired) electrons. The van der Waals surface area contributed by atoms with Crippen LogP contribution >= 0.6 is 0 Å². The molecule has 6 heteroatoms. The second-order valence-electron chi connectivity index (χ2n) is 5.72. The first kappa shape index (κ1) is 16.1. The Balaban J connectivity index is 1.93. The number of rotatable bonds is 4. The summed E-state index contributed by atoms with van der Waals surface area (Å²) in [5, 5.41) is 2.71. The molecule has 1 fully saturated rings. The van der Waals surface area contributed by atoms with Crippen LogP contribution in [0.25, 0.3) is 0 Å². The fraction of sp³-hybridized carbons (Fsp3) is 0.222. The summed E-state index contributed by atoms with van der Waals surface area (Å²) in [4.78, 5) is 26.3. The van der Waals surface area contributed by atoms with Gasteiger partial charge in [0.15, 0.2) is 0 Å². The fourth-order valence-corrected chi connectivity index (χ4v) is 2.96. The summed E-state index contributed by atoms with van der Waals surface area (Å²) >= 11 is 0. The van der Waals surface area contributed by atoms with E-state index in [2.05, 4.69) is 5.32 Å². The van der Waals surface area contributed by atoms with Crippen molar-refractivity contribution in [2.45, 2.75) is 25.4 Å². The highest BCUT2D eigenvalue weighted by molar-refractivity contribution is 6.07. The maximum absolute atomic E-state index is 13.3. The zero-order valence-electron chi connectivity index (χ0n) is 13.1. The molecule has 1 atom stereocenters. The molecule has 1 N–H and O–H groups in total. The van der Waals surface area contributed by atoms with Crippen molar-refractivity contribution in [1.29, 1.82) is 0 Å². The van der Waals surface area contributed by atoms with Crippen LogP contribution in [0.4, 0.5) is 13.6 Å². The van der Waals surface area contributed by atoms with Gasteiger partial charge in [0.2, 0.25) is 0 Å². The quantitative estimate of drug-likeness (QED) is 0.874. The molecule has 2 aromatic rings. The maximum atomic E-state index is 13.3. The minimum absolute atomic E-state index is 0.0224. The van der Waals surface area contributed by atoms with Crippen molar-refractivity contribution in [1.82, 2.24) is 10.2 Å². The number of nitrogens with zero attached hydrogens (tertiary/aromatic N) is 1. The van der Waals surface area contributed by atoms with E-state index in [4.69, 9.17) is 0 Å². The van der Waals surface area contributed by atoms with Crippen molar-refractivity contribution in [3.8, 4) is 0 Å². The minimum atomic E-state index is -1.22. The minimum Gasteiger partial charge on any atom is -0.319 e. The number of hydrogen-bond donors (Lipinski definition) is 1. The molecule has 24 heavy (non-hydrogen) atoms. The molecule has 0 saturated carbocycles. The first-order valence-corrected chi connectivity index (χ1v) is 7.61. The highest BCUT2D eigenvalue weighted by Crippen LogP contribution is 2.33. The third-order valence-electron chi connectivity index (χ3n) is 4.27. The van der Waals surface area contributed by atoms with E-state index in [9.17, 15) is 18.4 Å². The van der Waals surface area contributed by atoms with Crippen LogP contribution < -0.4 is 5.32 Å². The topological polar surface area (TPSA) is 49.4 Å². The summed E-state index contributed by atoms with van der Waals surface area (Å²) in [5.74, 6) is -1.27. The van der Waals surface area contributed by atoms with E-state index in [0.717, 1.165) is 4.90 Å². The van der Waals surface area contributed by atoms with E-state index < -0.39 is 29.1 Å². The van der Waals surface area contributed by atoms with E-state index in [1.807, 2.05) is 0 Å². The first-order chi connectivity index (χ1) is 11.5. The summed E-state index contributed by atoms with van der Waals surface area (Å²) in [6.07, 6.45) is 0.322. The Morgan fingerprint density at radius 3 is 2.38 bits per heavy atom. The third kappa shape index (κ3) is 2.64. The Morgan fingerprint density at radius 1 is 1.04 bits per heavy atom. The van der Waals surface area contributed by atoms with Gasteiger partial charge in [-0.05, 0) is 41.8 Å². The van der Waals surface area contributed by atoms with Crippen molar-refractivity contribution in [3.63, 3.8) is 0 Å². The molecule has 2 aromatic carbocycles. The smallest absolute Gasteiger partial charge is 0.319 e. The van der Waals surface area contributed by atoms with Crippen LogP contribution in [-0.4, -0.2) is 16.8 Å². The monoisotopic (exact) mass is 330 g/mol. The molecule has 0 spiro atoms. The number of halogens is 2. The van der Waals surface area contributed by atoms with Crippen molar-refractivity contribution in [3.05, 3.63) is 71.3 Å². The molecule has 124 valence electrons. The molecule has 1 aliphatic rings. The number of amides is 3. The van der Waals surface area contributed by atoms with Crippen molar-refractivity contribution >= 4 is 11.9 Å². The molecular formula is C18H16F2N2O2. The molecule has 4 nitrogen and oxygen atoms in total. The van der Waals surface area contributed by atoms with Gasteiger partial charge in [0.25, 0.3) is 5.91 Å². The molecule has 0 unspecified atom stereocenters. The first-order valence-electron chi connectivity index (χ1n) is 7.61. The average molecular weight is 330 g/mol. The number of carbonyl (C=O) groups is 2. The highest BCUT2D eigenvalue weighted by atomic mass is 19.1. The van der Waals surface area contributed by atoms with Crippen molar-refractivity contribution < 1.29 is 18.4 Å². The van der Waals surface area contributed by atoms with Gasteiger partial charge in [-0.3, -0.25) is 9.69 Å². The predicted octanol–water partition coefficient (Wildman–Crippen LogP) is 3.32. The Bertz CT molecular complexity index is 792. The second-order valence-corrected chi connectivity index (χ2v) is 5.72. The molecular weight excluding hydrogens is 314 g/mol. The Kier molecular flexibility index (Phi) is 4.05. The molecule has 1 heterocycles. The third-order valence-corrected chi connectivity index (χ3v) is 4.27. The van der Waals surface area contributed by atoms with Gasteiger partial charge in [-0.25, -0.2) is 13.6 Å². The second kappa shape index (κ2) is 6.03. The molecule has 0 bridgehead atoms. The molecule has 0 aliphatic carbocycles. The number of nitrogens with one attached hydrogen (secondary N) is 1. The summed E-state index contributed by atoms with van der Waals surface area (Å²) in [5.41, 5.74) is -0.186. The highest BCUT2D eigenvalue weighted by Gasteiger charge is 2.51. The average Bonchev–Trinajstić information content (AvgIpc) is 2.81. The van der Waals surface area contributed by atoms with E-state index >= 15 is 0 Å². The number of hydrogen-bond acceptors (Lipinski definition) is 2. The summed E-state index contributed by atoms with van der Waals surface area (Å²) in [7, 11) is 0. The Hall–Kier alpha value is -2.76. The van der Waals surface area contributed by atoms with Gasteiger partial charge >= 0.3 is 6.03 Å². The summed E-state index contributed by atoms with van der Waals surface area (Å²) in [6, 6.07) is 10.7. The largest absolute Gasteiger partial charge is 0.325 e. The van der Waals surface area contributed by atoms with E-state index in [1.165, 1.54) is 42.5 Å². The zero-order chi connectivity index (χ0) is 17.3. The van der Waals surface area contributed by atoms with Gasteiger partial charge in [-0.1, -0.05) is 31.2 Å². The van der Waals surface area contributed by atoms with E-state index in [0.29, 0.717) is 17.5 Å². The lowest BCUT2D eigenvalue weighted by Crippen LogP contribution is -2.43. The van der Waals surface area contributed by atoms with E-state index in [-0.39, 0.29) is 6.54 Å². The lowest BCUT2D eigenvalue weighted by molar-refractivity contribution is -0.132. The molecule has 1 saturated heterocycles. The van der Waals surface area contributed by atoms with Crippen LogP contribution in [0.5, 0.6) is 0 Å². The van der Waals surface area contributed by atoms with Gasteiger partial charge in [-0.2, -0.15) is 0 Å². The Morgan fingerprint density at radius 2 is 1.75 bits per heavy atom. The van der Waals surface area contributed by atoms with Crippen LogP contribution in [0.3, 0.4) is 0 Å². The number of carbonyl (C=O) groups excluding carboxylic acids is 2. The lowest BCUT2D eigenvalue weighted by Gasteiger charge is -2.25. The van der Waals surface area contributed by atoms with Gasteiger partial charge in [0.05, 0.1) is 6.54 Å². The van der Waals surface area contributed by atoms with Crippen molar-refractivity contribution in [2.24, 2.45) is 0 Å². The van der Waals surface area contributed by atoms with E-state index in [1.54, 1.807) is 13.0 Å². The summed E-state index contributed by atoms with van der Waals surface area (Å²) < 4.78 is 26.5. The zero-order valence-corrected chi connectivity index (χ0v) is 13.1. The summed E-state index contributed by atoms with van der Waals surface area (Å²) in [6.45, 7) is 1.75. The van der Waals surface area contributed by atoms with Gasteiger partial charge < -0.3 is 5.32 Å². The van der Waals surface area contributed by atoms with Crippen LogP contribution in [0.1, 0.15) is 24.5 Å². The lowest BCUT2D eigenvalue weighted by atomic mass is 9.87. The molecule has 3 rings (SSSR count). The van der Waals surface area contributed by atoms with Crippen LogP contribution in [0.15, 0.2) is 48.5 Å². The number of imide groups is 1.